The summed E-state index contributed by atoms with van der Waals surface area (Å²) in [6.45, 7) is 1.69. The maximum absolute atomic E-state index is 12.8. The number of halogens is 1. The molecule has 1 aromatic carbocycles. The first-order valence-electron chi connectivity index (χ1n) is 7.93. The predicted octanol–water partition coefficient (Wildman–Crippen LogP) is 1.90. The molecule has 0 aliphatic carbocycles. The minimum absolute atomic E-state index is 0.0382. The molecule has 2 fully saturated rings. The van der Waals surface area contributed by atoms with Crippen molar-refractivity contribution in [3.05, 3.63) is 35.6 Å². The summed E-state index contributed by atoms with van der Waals surface area (Å²) < 4.78 is 18.6. The Hall–Kier alpha value is -1.46. The first kappa shape index (κ1) is 15.4. The van der Waals surface area contributed by atoms with Crippen molar-refractivity contribution in [1.82, 2.24) is 4.90 Å². The Bertz CT molecular complexity index is 525. The van der Waals surface area contributed by atoms with Gasteiger partial charge < -0.3 is 14.7 Å². The van der Waals surface area contributed by atoms with Gasteiger partial charge in [0.05, 0.1) is 5.60 Å². The lowest BCUT2D eigenvalue weighted by molar-refractivity contribution is -0.152. The maximum atomic E-state index is 12.8. The van der Waals surface area contributed by atoms with Crippen molar-refractivity contribution in [3.63, 3.8) is 0 Å². The van der Waals surface area contributed by atoms with Crippen molar-refractivity contribution in [2.24, 2.45) is 0 Å². The number of hydrogen-bond donors (Lipinski definition) is 1. The summed E-state index contributed by atoms with van der Waals surface area (Å²) in [5, 5.41) is 10.3. The summed E-state index contributed by atoms with van der Waals surface area (Å²) in [5.41, 5.74) is 0.524. The van der Waals surface area contributed by atoms with Crippen LogP contribution in [0.25, 0.3) is 0 Å². The molecule has 2 aliphatic rings. The van der Waals surface area contributed by atoms with Crippen molar-refractivity contribution >= 4 is 5.91 Å². The number of rotatable bonds is 3. The Morgan fingerprint density at radius 2 is 2.14 bits per heavy atom. The van der Waals surface area contributed by atoms with E-state index in [4.69, 9.17) is 4.74 Å². The van der Waals surface area contributed by atoms with Crippen LogP contribution in [0.15, 0.2) is 24.3 Å². The summed E-state index contributed by atoms with van der Waals surface area (Å²) in [6, 6.07) is 6.22. The quantitative estimate of drug-likeness (QED) is 0.928. The van der Waals surface area contributed by atoms with E-state index in [0.29, 0.717) is 39.0 Å². The maximum Gasteiger partial charge on any atom is 0.222 e. The largest absolute Gasteiger partial charge is 0.388 e. The Labute approximate surface area is 129 Å². The zero-order chi connectivity index (χ0) is 15.6. The molecule has 2 aliphatic heterocycles. The van der Waals surface area contributed by atoms with E-state index in [0.717, 1.165) is 18.4 Å². The van der Waals surface area contributed by atoms with Crippen LogP contribution in [0.1, 0.15) is 31.2 Å². The van der Waals surface area contributed by atoms with E-state index in [9.17, 15) is 14.3 Å². The minimum Gasteiger partial charge on any atom is -0.388 e. The standard InChI is InChI=1S/C17H22FNO3/c18-14-5-2-13(3-6-14)4-7-16(21)19-10-9-17(15(20)12-19)8-1-11-22-17/h2-3,5-6,15,20H,1,4,7-12H2/t15-,17-/m0/s1. The summed E-state index contributed by atoms with van der Waals surface area (Å²) in [7, 11) is 0. The molecule has 0 aromatic heterocycles. The second-order valence-electron chi connectivity index (χ2n) is 6.25. The van der Waals surface area contributed by atoms with Crippen molar-refractivity contribution in [1.29, 1.82) is 0 Å². The van der Waals surface area contributed by atoms with E-state index in [-0.39, 0.29) is 11.7 Å². The average Bonchev–Trinajstić information content (AvgIpc) is 2.99. The molecule has 1 spiro atoms. The highest BCUT2D eigenvalue weighted by atomic mass is 19.1. The molecule has 0 unspecified atom stereocenters. The second kappa shape index (κ2) is 6.34. The van der Waals surface area contributed by atoms with Gasteiger partial charge in [-0.05, 0) is 43.4 Å². The average molecular weight is 307 g/mol. The first-order chi connectivity index (χ1) is 10.6. The summed E-state index contributed by atoms with van der Waals surface area (Å²) in [4.78, 5) is 14.0. The third-order valence-electron chi connectivity index (χ3n) is 4.83. The van der Waals surface area contributed by atoms with Crippen LogP contribution in [0.4, 0.5) is 4.39 Å². The third kappa shape index (κ3) is 3.15. The van der Waals surface area contributed by atoms with Crippen LogP contribution >= 0.6 is 0 Å². The fourth-order valence-corrected chi connectivity index (χ4v) is 3.42. The van der Waals surface area contributed by atoms with Crippen molar-refractivity contribution in [3.8, 4) is 0 Å². The number of β-amino-alcohol motifs (C(OH)–C–C–N with tert-alkyl or cyclic N) is 1. The van der Waals surface area contributed by atoms with Gasteiger partial charge in [-0.2, -0.15) is 0 Å². The number of piperidine rings is 1. The number of carbonyl (C=O) groups is 1. The lowest BCUT2D eigenvalue weighted by atomic mass is 9.86. The third-order valence-corrected chi connectivity index (χ3v) is 4.83. The number of aliphatic hydroxyl groups excluding tert-OH is 1. The number of likely N-dealkylation sites (tertiary alicyclic amines) is 1. The number of benzene rings is 1. The molecule has 1 amide bonds. The summed E-state index contributed by atoms with van der Waals surface area (Å²) >= 11 is 0. The van der Waals surface area contributed by atoms with Gasteiger partial charge in [-0.1, -0.05) is 12.1 Å². The van der Waals surface area contributed by atoms with E-state index in [1.807, 2.05) is 0 Å². The highest BCUT2D eigenvalue weighted by Gasteiger charge is 2.46. The van der Waals surface area contributed by atoms with Crippen LogP contribution in [0, 0.1) is 5.82 Å². The molecule has 4 nitrogen and oxygen atoms in total. The molecule has 2 saturated heterocycles. The van der Waals surface area contributed by atoms with Gasteiger partial charge in [0.1, 0.15) is 11.9 Å². The molecule has 120 valence electrons. The molecule has 3 rings (SSSR count). The Morgan fingerprint density at radius 3 is 2.77 bits per heavy atom. The predicted molar refractivity (Wildman–Crippen MR) is 79.8 cm³/mol. The van der Waals surface area contributed by atoms with Gasteiger partial charge in [0.2, 0.25) is 5.91 Å². The molecule has 5 heteroatoms. The van der Waals surface area contributed by atoms with Crippen molar-refractivity contribution in [2.45, 2.75) is 43.8 Å². The van der Waals surface area contributed by atoms with E-state index in [1.165, 1.54) is 12.1 Å². The molecule has 0 bridgehead atoms. The van der Waals surface area contributed by atoms with Crippen LogP contribution < -0.4 is 0 Å². The van der Waals surface area contributed by atoms with Gasteiger partial charge >= 0.3 is 0 Å². The molecular weight excluding hydrogens is 285 g/mol. The normalized spacial score (nSPS) is 28.3. The van der Waals surface area contributed by atoms with E-state index in [2.05, 4.69) is 0 Å². The number of nitrogens with zero attached hydrogens (tertiary/aromatic N) is 1. The van der Waals surface area contributed by atoms with Crippen LogP contribution in [0.3, 0.4) is 0 Å². The number of aliphatic hydroxyl groups is 1. The van der Waals surface area contributed by atoms with Crippen LogP contribution in [0.2, 0.25) is 0 Å². The number of hydrogen-bond acceptors (Lipinski definition) is 3. The number of carbonyl (C=O) groups excluding carboxylic acids is 1. The van der Waals surface area contributed by atoms with Crippen LogP contribution in [-0.2, 0) is 16.0 Å². The molecule has 2 atom stereocenters. The molecule has 1 aromatic rings. The second-order valence-corrected chi connectivity index (χ2v) is 6.25. The molecule has 0 radical (unpaired) electrons. The molecular formula is C17H22FNO3. The number of aryl methyl sites for hydroxylation is 1. The molecule has 2 heterocycles. The molecule has 0 saturated carbocycles. The van der Waals surface area contributed by atoms with Gasteiger partial charge in [-0.3, -0.25) is 4.79 Å². The van der Waals surface area contributed by atoms with Gasteiger partial charge in [0, 0.05) is 26.1 Å². The SMILES string of the molecule is O=C(CCc1ccc(F)cc1)N1CC[C@@]2(CCCO2)[C@@H](O)C1. The minimum atomic E-state index is -0.599. The Balaban J connectivity index is 1.52. The van der Waals surface area contributed by atoms with Crippen LogP contribution in [0.5, 0.6) is 0 Å². The van der Waals surface area contributed by atoms with E-state index >= 15 is 0 Å². The topological polar surface area (TPSA) is 49.8 Å². The Kier molecular flexibility index (Phi) is 4.45. The van der Waals surface area contributed by atoms with Gasteiger partial charge in [-0.15, -0.1) is 0 Å². The number of ether oxygens (including phenoxy) is 1. The van der Waals surface area contributed by atoms with E-state index < -0.39 is 11.7 Å². The fourth-order valence-electron chi connectivity index (χ4n) is 3.42. The summed E-state index contributed by atoms with van der Waals surface area (Å²) in [6.07, 6.45) is 2.94. The van der Waals surface area contributed by atoms with Gasteiger partial charge in [-0.25, -0.2) is 4.39 Å². The monoisotopic (exact) mass is 307 g/mol. The highest BCUT2D eigenvalue weighted by molar-refractivity contribution is 5.76. The van der Waals surface area contributed by atoms with E-state index in [1.54, 1.807) is 17.0 Å². The summed E-state index contributed by atoms with van der Waals surface area (Å²) in [5.74, 6) is -0.229. The zero-order valence-corrected chi connectivity index (χ0v) is 12.6. The van der Waals surface area contributed by atoms with Gasteiger partial charge in [0.25, 0.3) is 0 Å². The molecule has 1 N–H and O–H groups in total. The highest BCUT2D eigenvalue weighted by Crippen LogP contribution is 2.36. The lowest BCUT2D eigenvalue weighted by Crippen LogP contribution is -2.56. The first-order valence-corrected chi connectivity index (χ1v) is 7.93. The smallest absolute Gasteiger partial charge is 0.222 e. The molecule has 22 heavy (non-hydrogen) atoms. The van der Waals surface area contributed by atoms with Gasteiger partial charge in [0.15, 0.2) is 0 Å². The van der Waals surface area contributed by atoms with Crippen molar-refractivity contribution < 1.29 is 19.0 Å². The lowest BCUT2D eigenvalue weighted by Gasteiger charge is -2.42. The van der Waals surface area contributed by atoms with Crippen molar-refractivity contribution in [2.75, 3.05) is 19.7 Å². The fraction of sp³-hybridized carbons (Fsp3) is 0.588. The number of amides is 1. The Morgan fingerprint density at radius 1 is 1.36 bits per heavy atom. The zero-order valence-electron chi connectivity index (χ0n) is 12.6. The van der Waals surface area contributed by atoms with Crippen LogP contribution in [-0.4, -0.2) is 47.3 Å².